The number of ether oxygens (including phenoxy) is 1. The summed E-state index contributed by atoms with van der Waals surface area (Å²) in [5.41, 5.74) is 3.53. The molecular weight excluding hydrogens is 484 g/mol. The van der Waals surface area contributed by atoms with E-state index in [-0.39, 0.29) is 29.0 Å². The van der Waals surface area contributed by atoms with Crippen LogP contribution in [0.15, 0.2) is 24.3 Å². The van der Waals surface area contributed by atoms with E-state index in [1.165, 1.54) is 19.3 Å². The first-order valence-corrected chi connectivity index (χ1v) is 15.0. The molecule has 5 aliphatic rings. The fraction of sp³-hybridized carbons (Fsp3) is 0.655. The normalized spacial score (nSPS) is 33.9. The fourth-order valence-electron chi connectivity index (χ4n) is 7.78. The summed E-state index contributed by atoms with van der Waals surface area (Å²) in [6.45, 7) is 8.56. The van der Waals surface area contributed by atoms with Crippen molar-refractivity contribution in [3.8, 4) is 0 Å². The van der Waals surface area contributed by atoms with Crippen molar-refractivity contribution in [1.29, 1.82) is 0 Å². The first-order valence-electron chi connectivity index (χ1n) is 13.7. The molecule has 3 aliphatic carbocycles. The monoisotopic (exact) mass is 524 g/mol. The van der Waals surface area contributed by atoms with Crippen molar-refractivity contribution in [2.45, 2.75) is 75.4 Å². The maximum absolute atomic E-state index is 13.6. The topological polar surface area (TPSA) is 75.6 Å². The van der Waals surface area contributed by atoms with Crippen LogP contribution in [0.5, 0.6) is 0 Å². The molecule has 0 spiro atoms. The number of rotatable bonds is 8. The SMILES string of the molecule is CSC1CC(C)NC(=O)C1CNC(=O)c1c(C)n([C@H](C)C23CC(N(C)C4COC4)(C2)C3)c2ccccc12. The van der Waals surface area contributed by atoms with Gasteiger partial charge in [-0.25, -0.2) is 0 Å². The van der Waals surface area contributed by atoms with Crippen LogP contribution in [-0.2, 0) is 9.53 Å². The van der Waals surface area contributed by atoms with E-state index in [1.807, 2.05) is 13.0 Å². The molecule has 2 aromatic rings. The third kappa shape index (κ3) is 3.77. The minimum absolute atomic E-state index is 0.0437. The van der Waals surface area contributed by atoms with Crippen LogP contribution in [-0.4, -0.2) is 77.2 Å². The Bertz CT molecular complexity index is 1220. The van der Waals surface area contributed by atoms with Gasteiger partial charge in [-0.15, -0.1) is 0 Å². The van der Waals surface area contributed by atoms with Gasteiger partial charge in [-0.2, -0.15) is 11.8 Å². The van der Waals surface area contributed by atoms with Crippen molar-refractivity contribution in [2.24, 2.45) is 11.3 Å². The van der Waals surface area contributed by atoms with E-state index in [1.54, 1.807) is 11.8 Å². The number of benzene rings is 1. The number of thioether (sulfide) groups is 1. The number of hydrogen-bond acceptors (Lipinski definition) is 5. The van der Waals surface area contributed by atoms with Gasteiger partial charge in [0.1, 0.15) is 0 Å². The zero-order chi connectivity index (χ0) is 26.1. The molecule has 8 heteroatoms. The van der Waals surface area contributed by atoms with Gasteiger partial charge in [0.2, 0.25) is 5.91 Å². The quantitative estimate of drug-likeness (QED) is 0.550. The molecule has 37 heavy (non-hydrogen) atoms. The van der Waals surface area contributed by atoms with Crippen LogP contribution in [0.3, 0.4) is 0 Å². The molecular formula is C29H40N4O3S. The summed E-state index contributed by atoms with van der Waals surface area (Å²) in [7, 11) is 2.27. The Labute approximate surface area is 224 Å². The van der Waals surface area contributed by atoms with Gasteiger partial charge in [0, 0.05) is 46.0 Å². The second kappa shape index (κ2) is 9.02. The van der Waals surface area contributed by atoms with Crippen LogP contribution in [0.1, 0.15) is 61.6 Å². The number of nitrogens with zero attached hydrogens (tertiary/aromatic N) is 2. The van der Waals surface area contributed by atoms with Crippen molar-refractivity contribution >= 4 is 34.5 Å². The smallest absolute Gasteiger partial charge is 0.253 e. The molecule has 3 unspecified atom stereocenters. The first kappa shape index (κ1) is 25.3. The van der Waals surface area contributed by atoms with Gasteiger partial charge in [-0.3, -0.25) is 14.5 Å². The zero-order valence-corrected chi connectivity index (χ0v) is 23.5. The molecule has 4 atom stereocenters. The summed E-state index contributed by atoms with van der Waals surface area (Å²) in [6.07, 6.45) is 6.62. The van der Waals surface area contributed by atoms with Crippen LogP contribution < -0.4 is 10.6 Å². The molecule has 2 amide bonds. The van der Waals surface area contributed by atoms with E-state index in [4.69, 9.17) is 4.74 Å². The van der Waals surface area contributed by atoms with Gasteiger partial charge in [-0.1, -0.05) is 18.2 Å². The fourth-order valence-corrected chi connectivity index (χ4v) is 8.81. The van der Waals surface area contributed by atoms with E-state index >= 15 is 0 Å². The number of piperidine rings is 1. The Morgan fingerprint density at radius 3 is 2.65 bits per heavy atom. The second-order valence-corrected chi connectivity index (χ2v) is 13.3. The maximum atomic E-state index is 13.6. The molecule has 7 nitrogen and oxygen atoms in total. The molecule has 2 bridgehead atoms. The molecule has 2 saturated heterocycles. The number of carbonyl (C=O) groups excluding carboxylic acids is 2. The number of para-hydroxylation sites is 1. The molecule has 2 aliphatic heterocycles. The summed E-state index contributed by atoms with van der Waals surface area (Å²) >= 11 is 1.72. The Kier molecular flexibility index (Phi) is 6.16. The van der Waals surface area contributed by atoms with E-state index in [0.717, 1.165) is 41.8 Å². The number of hydrogen-bond donors (Lipinski definition) is 2. The highest BCUT2D eigenvalue weighted by atomic mass is 32.2. The van der Waals surface area contributed by atoms with Crippen molar-refractivity contribution in [2.75, 3.05) is 33.1 Å². The van der Waals surface area contributed by atoms with E-state index in [9.17, 15) is 9.59 Å². The van der Waals surface area contributed by atoms with Crippen LogP contribution in [0.4, 0.5) is 0 Å². The minimum Gasteiger partial charge on any atom is -0.378 e. The van der Waals surface area contributed by atoms with Gasteiger partial charge < -0.3 is 19.9 Å². The molecule has 2 N–H and O–H groups in total. The Balaban J connectivity index is 1.22. The third-order valence-corrected chi connectivity index (χ3v) is 11.3. The molecule has 3 heterocycles. The van der Waals surface area contributed by atoms with Crippen LogP contribution in [0, 0.1) is 18.3 Å². The predicted octanol–water partition coefficient (Wildman–Crippen LogP) is 3.75. The molecule has 0 radical (unpaired) electrons. The lowest BCUT2D eigenvalue weighted by molar-refractivity contribution is -0.260. The summed E-state index contributed by atoms with van der Waals surface area (Å²) < 4.78 is 7.86. The van der Waals surface area contributed by atoms with E-state index in [2.05, 4.69) is 65.5 Å². The van der Waals surface area contributed by atoms with E-state index < -0.39 is 0 Å². The predicted molar refractivity (Wildman–Crippen MR) is 148 cm³/mol. The average molecular weight is 525 g/mol. The second-order valence-electron chi connectivity index (χ2n) is 12.2. The highest BCUT2D eigenvalue weighted by Gasteiger charge is 2.72. The summed E-state index contributed by atoms with van der Waals surface area (Å²) in [6, 6.07) is 9.35. The molecule has 5 fully saturated rings. The van der Waals surface area contributed by atoms with Gasteiger partial charge in [0.05, 0.1) is 30.7 Å². The molecule has 7 rings (SSSR count). The number of nitrogens with one attached hydrogen (secondary N) is 2. The number of amides is 2. The number of aromatic nitrogens is 1. The number of fused-ring (bicyclic) bond motifs is 1. The van der Waals surface area contributed by atoms with Crippen molar-refractivity contribution in [1.82, 2.24) is 20.1 Å². The molecule has 3 saturated carbocycles. The van der Waals surface area contributed by atoms with Gasteiger partial charge in [0.15, 0.2) is 0 Å². The highest BCUT2D eigenvalue weighted by Crippen LogP contribution is 2.74. The van der Waals surface area contributed by atoms with Gasteiger partial charge in [-0.05, 0) is 71.2 Å². The van der Waals surface area contributed by atoms with Crippen molar-refractivity contribution < 1.29 is 14.3 Å². The average Bonchev–Trinajstić information content (AvgIpc) is 3.06. The number of carbonyl (C=O) groups is 2. The lowest BCUT2D eigenvalue weighted by Crippen LogP contribution is -2.78. The first-order chi connectivity index (χ1) is 17.7. The molecule has 1 aromatic carbocycles. The van der Waals surface area contributed by atoms with Crippen molar-refractivity contribution in [3.63, 3.8) is 0 Å². The van der Waals surface area contributed by atoms with Crippen molar-refractivity contribution in [3.05, 3.63) is 35.5 Å². The Morgan fingerprint density at radius 1 is 1.30 bits per heavy atom. The lowest BCUT2D eigenvalue weighted by Gasteiger charge is -2.76. The van der Waals surface area contributed by atoms with Gasteiger partial charge in [0.25, 0.3) is 5.91 Å². The van der Waals surface area contributed by atoms with Gasteiger partial charge >= 0.3 is 0 Å². The summed E-state index contributed by atoms with van der Waals surface area (Å²) in [5, 5.41) is 7.41. The highest BCUT2D eigenvalue weighted by molar-refractivity contribution is 7.99. The van der Waals surface area contributed by atoms with Crippen LogP contribution >= 0.6 is 11.8 Å². The number of likely N-dealkylation sites (N-methyl/N-ethyl adjacent to an activating group) is 1. The standard InChI is InChI=1S/C29H40N4O3S/c1-17-10-24(37-5)22(26(34)31-17)11-30-27(35)25-18(2)33(23-9-7-6-8-21(23)25)19(3)28-14-29(15-28,16-28)32(4)20-12-36-13-20/h6-9,17,19-20,22,24H,10-16H2,1-5H3,(H,30,35)(H,31,34)/t17?,19-,22?,24?,28?,29?/m1/s1. The lowest BCUT2D eigenvalue weighted by atomic mass is 9.36. The minimum atomic E-state index is -0.210. The molecule has 200 valence electrons. The third-order valence-electron chi connectivity index (χ3n) is 10.2. The zero-order valence-electron chi connectivity index (χ0n) is 22.7. The molecule has 1 aromatic heterocycles. The summed E-state index contributed by atoms with van der Waals surface area (Å²) in [4.78, 5) is 28.9. The van der Waals surface area contributed by atoms with Crippen LogP contribution in [0.25, 0.3) is 10.9 Å². The van der Waals surface area contributed by atoms with Crippen LogP contribution in [0.2, 0.25) is 0 Å². The maximum Gasteiger partial charge on any atom is 0.253 e. The Morgan fingerprint density at radius 2 is 2.00 bits per heavy atom. The Hall–Kier alpha value is -2.03. The summed E-state index contributed by atoms with van der Waals surface area (Å²) in [5.74, 6) is -0.246. The van der Waals surface area contributed by atoms with E-state index in [0.29, 0.717) is 29.6 Å². The largest absolute Gasteiger partial charge is 0.378 e.